The summed E-state index contributed by atoms with van der Waals surface area (Å²) in [6.07, 6.45) is 7.40. The molecule has 5 rings (SSSR count). The summed E-state index contributed by atoms with van der Waals surface area (Å²) in [6.45, 7) is 5.29. The molecule has 0 radical (unpaired) electrons. The van der Waals surface area contributed by atoms with E-state index in [-0.39, 0.29) is 0 Å². The molecule has 1 saturated carbocycles. The average Bonchev–Trinajstić information content (AvgIpc) is 3.39. The van der Waals surface area contributed by atoms with Gasteiger partial charge >= 0.3 is 0 Å². The van der Waals surface area contributed by atoms with Gasteiger partial charge in [-0.15, -0.1) is 0 Å². The first-order valence-electron chi connectivity index (χ1n) is 10.2. The Morgan fingerprint density at radius 3 is 2.62 bits per heavy atom. The summed E-state index contributed by atoms with van der Waals surface area (Å²) in [5.41, 5.74) is 3.11. The highest BCUT2D eigenvalue weighted by atomic mass is 16.5. The maximum atomic E-state index is 5.46. The summed E-state index contributed by atoms with van der Waals surface area (Å²) >= 11 is 0. The topological polar surface area (TPSA) is 45.4 Å². The van der Waals surface area contributed by atoms with Crippen molar-refractivity contribution in [2.75, 3.05) is 26.2 Å². The number of aromatic nitrogens is 2. The Labute approximate surface area is 155 Å². The first-order valence-corrected chi connectivity index (χ1v) is 10.2. The number of benzene rings is 1. The van der Waals surface area contributed by atoms with Crippen LogP contribution in [0.15, 0.2) is 28.8 Å². The number of rotatable bonds is 5. The van der Waals surface area contributed by atoms with E-state index in [1.807, 2.05) is 0 Å². The fourth-order valence-corrected chi connectivity index (χ4v) is 4.49. The minimum atomic E-state index is 0.709. The molecule has 5 heteroatoms. The number of aryl methyl sites for hydroxylation is 1. The largest absolute Gasteiger partial charge is 0.338 e. The summed E-state index contributed by atoms with van der Waals surface area (Å²) in [7, 11) is 0. The normalized spacial score (nSPS) is 24.5. The molecule has 1 aromatic heterocycles. The fraction of sp³-hybridized carbons (Fsp3) is 0.619. The molecule has 0 spiro atoms. The molecule has 0 amide bonds. The predicted octanol–water partition coefficient (Wildman–Crippen LogP) is 2.70. The molecule has 5 nitrogen and oxygen atoms in total. The van der Waals surface area contributed by atoms with Crippen LogP contribution >= 0.6 is 0 Å². The number of hydrogen-bond donors (Lipinski definition) is 0. The van der Waals surface area contributed by atoms with Gasteiger partial charge in [0.25, 0.3) is 0 Å². The zero-order valence-electron chi connectivity index (χ0n) is 15.4. The minimum Gasteiger partial charge on any atom is -0.338 e. The van der Waals surface area contributed by atoms with Gasteiger partial charge in [0.2, 0.25) is 5.89 Å². The van der Waals surface area contributed by atoms with E-state index < -0.39 is 0 Å². The van der Waals surface area contributed by atoms with Crippen molar-refractivity contribution in [2.45, 2.75) is 51.1 Å². The van der Waals surface area contributed by atoms with Crippen LogP contribution in [0.5, 0.6) is 0 Å². The van der Waals surface area contributed by atoms with Gasteiger partial charge in [0.1, 0.15) is 0 Å². The summed E-state index contributed by atoms with van der Waals surface area (Å²) in [4.78, 5) is 9.74. The molecule has 26 heavy (non-hydrogen) atoms. The smallest absolute Gasteiger partial charge is 0.240 e. The molecule has 1 saturated heterocycles. The van der Waals surface area contributed by atoms with Crippen molar-refractivity contribution in [3.63, 3.8) is 0 Å². The van der Waals surface area contributed by atoms with Crippen LogP contribution in [-0.4, -0.2) is 52.2 Å². The minimum absolute atomic E-state index is 0.709. The summed E-state index contributed by atoms with van der Waals surface area (Å²) in [6, 6.07) is 9.67. The lowest BCUT2D eigenvalue weighted by atomic mass is 9.87. The SMILES string of the molecule is c1ccc2c(c1)CCC(N1CCN(Cc3nc(CC4CC4)no3)CC1)C2. The van der Waals surface area contributed by atoms with Crippen LogP contribution in [0.4, 0.5) is 0 Å². The molecule has 0 N–H and O–H groups in total. The molecule has 2 aliphatic carbocycles. The van der Waals surface area contributed by atoms with Crippen molar-refractivity contribution in [3.8, 4) is 0 Å². The standard InChI is InChI=1S/C21H28N4O/c1-2-4-18-14-19(8-7-17(18)3-1)25-11-9-24(10-12-25)15-21-22-20(23-26-21)13-16-5-6-16/h1-4,16,19H,5-15H2. The zero-order valence-corrected chi connectivity index (χ0v) is 15.4. The Morgan fingerprint density at radius 1 is 1.00 bits per heavy atom. The molecule has 2 fully saturated rings. The molecular formula is C21H28N4O. The third-order valence-corrected chi connectivity index (χ3v) is 6.28. The van der Waals surface area contributed by atoms with E-state index in [2.05, 4.69) is 44.2 Å². The second kappa shape index (κ2) is 7.12. The van der Waals surface area contributed by atoms with Crippen LogP contribution in [0.3, 0.4) is 0 Å². The molecule has 0 bridgehead atoms. The first kappa shape index (κ1) is 16.5. The fourth-order valence-electron chi connectivity index (χ4n) is 4.49. The van der Waals surface area contributed by atoms with E-state index in [1.165, 1.54) is 32.1 Å². The van der Waals surface area contributed by atoms with Crippen molar-refractivity contribution in [3.05, 3.63) is 47.1 Å². The molecule has 1 unspecified atom stereocenters. The van der Waals surface area contributed by atoms with E-state index in [4.69, 9.17) is 4.52 Å². The number of hydrogen-bond acceptors (Lipinski definition) is 5. The van der Waals surface area contributed by atoms with Crippen molar-refractivity contribution in [1.82, 2.24) is 19.9 Å². The van der Waals surface area contributed by atoms with Crippen molar-refractivity contribution < 1.29 is 4.52 Å². The van der Waals surface area contributed by atoms with Crippen molar-refractivity contribution >= 4 is 0 Å². The summed E-state index contributed by atoms with van der Waals surface area (Å²) < 4.78 is 5.46. The van der Waals surface area contributed by atoms with Gasteiger partial charge in [-0.2, -0.15) is 4.98 Å². The van der Waals surface area contributed by atoms with Gasteiger partial charge in [-0.05, 0) is 49.1 Å². The van der Waals surface area contributed by atoms with Gasteiger partial charge in [0, 0.05) is 38.6 Å². The molecular weight excluding hydrogens is 324 g/mol. The Kier molecular flexibility index (Phi) is 4.51. The number of fused-ring (bicyclic) bond motifs is 1. The molecule has 138 valence electrons. The molecule has 1 atom stereocenters. The molecule has 2 aromatic rings. The van der Waals surface area contributed by atoms with Gasteiger partial charge in [0.15, 0.2) is 5.82 Å². The molecule has 2 heterocycles. The second-order valence-corrected chi connectivity index (χ2v) is 8.23. The first-order chi connectivity index (χ1) is 12.8. The van der Waals surface area contributed by atoms with Gasteiger partial charge in [0.05, 0.1) is 6.54 Å². The van der Waals surface area contributed by atoms with E-state index in [9.17, 15) is 0 Å². The lowest BCUT2D eigenvalue weighted by Crippen LogP contribution is -2.51. The van der Waals surface area contributed by atoms with E-state index >= 15 is 0 Å². The number of piperazine rings is 1. The molecule has 1 aromatic carbocycles. The summed E-state index contributed by atoms with van der Waals surface area (Å²) in [5, 5.41) is 4.15. The van der Waals surface area contributed by atoms with Crippen molar-refractivity contribution in [1.29, 1.82) is 0 Å². The average molecular weight is 352 g/mol. The van der Waals surface area contributed by atoms with Crippen LogP contribution in [-0.2, 0) is 25.8 Å². The monoisotopic (exact) mass is 352 g/mol. The lowest BCUT2D eigenvalue weighted by molar-refractivity contribution is 0.0795. The van der Waals surface area contributed by atoms with E-state index in [0.29, 0.717) is 6.04 Å². The van der Waals surface area contributed by atoms with Gasteiger partial charge in [-0.3, -0.25) is 9.80 Å². The van der Waals surface area contributed by atoms with Crippen LogP contribution < -0.4 is 0 Å². The number of nitrogens with zero attached hydrogens (tertiary/aromatic N) is 4. The van der Waals surface area contributed by atoms with Crippen LogP contribution in [0.2, 0.25) is 0 Å². The third kappa shape index (κ3) is 3.69. The molecule has 1 aliphatic heterocycles. The zero-order chi connectivity index (χ0) is 17.3. The van der Waals surface area contributed by atoms with Crippen molar-refractivity contribution in [2.24, 2.45) is 5.92 Å². The van der Waals surface area contributed by atoms with Gasteiger partial charge in [-0.25, -0.2) is 0 Å². The highest BCUT2D eigenvalue weighted by Gasteiger charge is 2.28. The summed E-state index contributed by atoms with van der Waals surface area (Å²) in [5.74, 6) is 2.51. The Bertz CT molecular complexity index is 746. The third-order valence-electron chi connectivity index (χ3n) is 6.28. The Balaban J connectivity index is 1.12. The Morgan fingerprint density at radius 2 is 1.81 bits per heavy atom. The van der Waals surface area contributed by atoms with E-state index in [0.717, 1.165) is 56.8 Å². The van der Waals surface area contributed by atoms with Crippen LogP contribution in [0.1, 0.15) is 42.1 Å². The lowest BCUT2D eigenvalue weighted by Gasteiger charge is -2.40. The maximum absolute atomic E-state index is 5.46. The highest BCUT2D eigenvalue weighted by Crippen LogP contribution is 2.31. The predicted molar refractivity (Wildman–Crippen MR) is 99.8 cm³/mol. The van der Waals surface area contributed by atoms with Crippen LogP contribution in [0.25, 0.3) is 0 Å². The van der Waals surface area contributed by atoms with Crippen LogP contribution in [0, 0.1) is 5.92 Å². The van der Waals surface area contributed by atoms with E-state index in [1.54, 1.807) is 11.1 Å². The Hall–Kier alpha value is -1.72. The second-order valence-electron chi connectivity index (χ2n) is 8.23. The highest BCUT2D eigenvalue weighted by molar-refractivity contribution is 5.30. The molecule has 3 aliphatic rings. The van der Waals surface area contributed by atoms with Gasteiger partial charge < -0.3 is 4.52 Å². The maximum Gasteiger partial charge on any atom is 0.240 e. The van der Waals surface area contributed by atoms with Gasteiger partial charge in [-0.1, -0.05) is 29.4 Å². The quantitative estimate of drug-likeness (QED) is 0.828.